The highest BCUT2D eigenvalue weighted by Gasteiger charge is 2.15. The number of pyridine rings is 1. The molecule has 0 spiro atoms. The number of anilines is 1. The third kappa shape index (κ3) is 3.99. The molecule has 0 fully saturated rings. The second-order valence-corrected chi connectivity index (χ2v) is 3.57. The Labute approximate surface area is 105 Å². The van der Waals surface area contributed by atoms with Gasteiger partial charge in [-0.2, -0.15) is 5.26 Å². The molecule has 0 saturated carbocycles. The standard InChI is InChI=1S/C11H15N5O2/c1-2-13-6-3-7-14-11-5-4-10(16(17)18)9(8-12)15-11/h4-5,13H,2-3,6-7H2,1H3,(H,14,15). The van der Waals surface area contributed by atoms with Crippen molar-refractivity contribution in [3.8, 4) is 6.07 Å². The first-order valence-corrected chi connectivity index (χ1v) is 5.69. The van der Waals surface area contributed by atoms with Gasteiger partial charge in [0.25, 0.3) is 0 Å². The van der Waals surface area contributed by atoms with E-state index in [0.29, 0.717) is 12.4 Å². The normalized spacial score (nSPS) is 9.78. The SMILES string of the molecule is CCNCCCNc1ccc([N+](=O)[O-])c(C#N)n1. The topological polar surface area (TPSA) is 104 Å². The van der Waals surface area contributed by atoms with Crippen molar-refractivity contribution in [3.63, 3.8) is 0 Å². The van der Waals surface area contributed by atoms with E-state index in [4.69, 9.17) is 5.26 Å². The molecule has 7 heteroatoms. The zero-order chi connectivity index (χ0) is 13.4. The predicted octanol–water partition coefficient (Wildman–Crippen LogP) is 1.27. The lowest BCUT2D eigenvalue weighted by atomic mass is 10.3. The highest BCUT2D eigenvalue weighted by atomic mass is 16.6. The summed E-state index contributed by atoms with van der Waals surface area (Å²) in [6.07, 6.45) is 0.911. The Hall–Kier alpha value is -2.20. The molecule has 2 N–H and O–H groups in total. The molecule has 0 aromatic carbocycles. The summed E-state index contributed by atoms with van der Waals surface area (Å²) in [6, 6.07) is 4.52. The monoisotopic (exact) mass is 249 g/mol. The van der Waals surface area contributed by atoms with Crippen LogP contribution in [0.3, 0.4) is 0 Å². The van der Waals surface area contributed by atoms with Crippen molar-refractivity contribution in [1.82, 2.24) is 10.3 Å². The third-order valence-electron chi connectivity index (χ3n) is 2.26. The van der Waals surface area contributed by atoms with E-state index >= 15 is 0 Å². The Bertz CT molecular complexity index is 455. The molecular formula is C11H15N5O2. The first kappa shape index (κ1) is 13.9. The minimum absolute atomic E-state index is 0.170. The molecule has 0 saturated heterocycles. The van der Waals surface area contributed by atoms with Crippen molar-refractivity contribution < 1.29 is 4.92 Å². The predicted molar refractivity (Wildman–Crippen MR) is 67.3 cm³/mol. The molecule has 1 rings (SSSR count). The number of hydrogen-bond donors (Lipinski definition) is 2. The van der Waals surface area contributed by atoms with Gasteiger partial charge in [-0.05, 0) is 25.6 Å². The quantitative estimate of drug-likeness (QED) is 0.428. The Balaban J connectivity index is 2.58. The van der Waals surface area contributed by atoms with Crippen molar-refractivity contribution in [2.45, 2.75) is 13.3 Å². The average Bonchev–Trinajstić information content (AvgIpc) is 2.38. The summed E-state index contributed by atoms with van der Waals surface area (Å²) < 4.78 is 0. The molecule has 96 valence electrons. The molecule has 0 aliphatic carbocycles. The second-order valence-electron chi connectivity index (χ2n) is 3.57. The van der Waals surface area contributed by atoms with Crippen molar-refractivity contribution in [1.29, 1.82) is 5.26 Å². The van der Waals surface area contributed by atoms with Crippen molar-refractivity contribution >= 4 is 11.5 Å². The lowest BCUT2D eigenvalue weighted by Crippen LogP contribution is -2.17. The van der Waals surface area contributed by atoms with Gasteiger partial charge in [0.05, 0.1) is 4.92 Å². The van der Waals surface area contributed by atoms with E-state index in [1.165, 1.54) is 12.1 Å². The van der Waals surface area contributed by atoms with Crippen LogP contribution >= 0.6 is 0 Å². The van der Waals surface area contributed by atoms with E-state index < -0.39 is 4.92 Å². The molecule has 0 aliphatic rings. The number of nitrogens with zero attached hydrogens (tertiary/aromatic N) is 3. The first-order chi connectivity index (χ1) is 8.69. The molecule has 0 amide bonds. The van der Waals surface area contributed by atoms with Crippen molar-refractivity contribution in [2.24, 2.45) is 0 Å². The Morgan fingerprint density at radius 2 is 2.28 bits per heavy atom. The van der Waals surface area contributed by atoms with Crippen LogP contribution in [0.25, 0.3) is 0 Å². The van der Waals surface area contributed by atoms with E-state index in [1.807, 2.05) is 6.92 Å². The van der Waals surface area contributed by atoms with E-state index in [0.717, 1.165) is 19.5 Å². The maximum absolute atomic E-state index is 10.6. The highest BCUT2D eigenvalue weighted by molar-refractivity contribution is 5.50. The maximum atomic E-state index is 10.6. The molecule has 0 aliphatic heterocycles. The van der Waals surface area contributed by atoms with Crippen LogP contribution in [-0.4, -0.2) is 29.5 Å². The number of hydrogen-bond acceptors (Lipinski definition) is 6. The average molecular weight is 249 g/mol. The molecule has 0 atom stereocenters. The minimum atomic E-state index is -0.611. The molecule has 7 nitrogen and oxygen atoms in total. The molecule has 0 radical (unpaired) electrons. The molecular weight excluding hydrogens is 234 g/mol. The van der Waals surface area contributed by atoms with E-state index in [2.05, 4.69) is 15.6 Å². The summed E-state index contributed by atoms with van der Waals surface area (Å²) in [5, 5.41) is 25.6. The van der Waals surface area contributed by atoms with Gasteiger partial charge in [0, 0.05) is 12.6 Å². The van der Waals surface area contributed by atoms with Gasteiger partial charge in [0.1, 0.15) is 11.9 Å². The van der Waals surface area contributed by atoms with Crippen LogP contribution in [0.15, 0.2) is 12.1 Å². The van der Waals surface area contributed by atoms with Gasteiger partial charge in [-0.3, -0.25) is 10.1 Å². The van der Waals surface area contributed by atoms with Crippen LogP contribution < -0.4 is 10.6 Å². The molecule has 1 heterocycles. The lowest BCUT2D eigenvalue weighted by Gasteiger charge is -2.06. The van der Waals surface area contributed by atoms with E-state index in [-0.39, 0.29) is 11.4 Å². The number of aromatic nitrogens is 1. The van der Waals surface area contributed by atoms with Crippen LogP contribution in [0.4, 0.5) is 11.5 Å². The van der Waals surface area contributed by atoms with Gasteiger partial charge >= 0.3 is 5.69 Å². The molecule has 0 unspecified atom stereocenters. The second kappa shape index (κ2) is 7.19. The molecule has 1 aromatic heterocycles. The smallest absolute Gasteiger partial charge is 0.305 e. The van der Waals surface area contributed by atoms with Gasteiger partial charge in [0.15, 0.2) is 0 Å². The van der Waals surface area contributed by atoms with Crippen LogP contribution in [0, 0.1) is 21.4 Å². The van der Waals surface area contributed by atoms with Crippen LogP contribution in [0.1, 0.15) is 19.0 Å². The summed E-state index contributed by atoms with van der Waals surface area (Å²) in [4.78, 5) is 13.9. The van der Waals surface area contributed by atoms with E-state index in [9.17, 15) is 10.1 Å². The van der Waals surface area contributed by atoms with Crippen LogP contribution in [0.2, 0.25) is 0 Å². The maximum Gasteiger partial charge on any atom is 0.305 e. The summed E-state index contributed by atoms with van der Waals surface area (Å²) in [5.74, 6) is 0.480. The third-order valence-corrected chi connectivity index (χ3v) is 2.26. The molecule has 18 heavy (non-hydrogen) atoms. The summed E-state index contributed by atoms with van der Waals surface area (Å²) in [6.45, 7) is 4.54. The summed E-state index contributed by atoms with van der Waals surface area (Å²) in [5.41, 5.74) is -0.438. The largest absolute Gasteiger partial charge is 0.370 e. The van der Waals surface area contributed by atoms with Gasteiger partial charge < -0.3 is 10.6 Å². The number of nitriles is 1. The zero-order valence-electron chi connectivity index (χ0n) is 10.1. The number of nitro groups is 1. The highest BCUT2D eigenvalue weighted by Crippen LogP contribution is 2.17. The van der Waals surface area contributed by atoms with Crippen LogP contribution in [-0.2, 0) is 0 Å². The Morgan fingerprint density at radius 1 is 1.50 bits per heavy atom. The fraction of sp³-hybridized carbons (Fsp3) is 0.455. The van der Waals surface area contributed by atoms with E-state index in [1.54, 1.807) is 6.07 Å². The number of rotatable bonds is 7. The van der Waals surface area contributed by atoms with Crippen LogP contribution in [0.5, 0.6) is 0 Å². The lowest BCUT2D eigenvalue weighted by molar-refractivity contribution is -0.385. The van der Waals surface area contributed by atoms with Gasteiger partial charge in [-0.1, -0.05) is 6.92 Å². The fourth-order valence-corrected chi connectivity index (χ4v) is 1.39. The van der Waals surface area contributed by atoms with Gasteiger partial charge in [0.2, 0.25) is 5.69 Å². The van der Waals surface area contributed by atoms with Gasteiger partial charge in [-0.15, -0.1) is 0 Å². The molecule has 1 aromatic rings. The van der Waals surface area contributed by atoms with Gasteiger partial charge in [-0.25, -0.2) is 4.98 Å². The first-order valence-electron chi connectivity index (χ1n) is 5.69. The van der Waals surface area contributed by atoms with Crippen molar-refractivity contribution in [3.05, 3.63) is 27.9 Å². The Kier molecular flexibility index (Phi) is 5.54. The minimum Gasteiger partial charge on any atom is -0.370 e. The fourth-order valence-electron chi connectivity index (χ4n) is 1.39. The number of nitrogens with one attached hydrogen (secondary N) is 2. The van der Waals surface area contributed by atoms with Crippen molar-refractivity contribution in [2.75, 3.05) is 25.0 Å². The molecule has 0 bridgehead atoms. The summed E-state index contributed by atoms with van der Waals surface area (Å²) in [7, 11) is 0. The zero-order valence-corrected chi connectivity index (χ0v) is 10.1. The summed E-state index contributed by atoms with van der Waals surface area (Å²) >= 11 is 0. The Morgan fingerprint density at radius 3 is 2.89 bits per heavy atom.